The summed E-state index contributed by atoms with van der Waals surface area (Å²) in [5.74, 6) is 0.956. The summed E-state index contributed by atoms with van der Waals surface area (Å²) in [6.45, 7) is 0.767. The zero-order valence-electron chi connectivity index (χ0n) is 9.09. The molecule has 0 aliphatic heterocycles. The van der Waals surface area contributed by atoms with Crippen LogP contribution in [0.1, 0.15) is 5.76 Å². The zero-order valence-corrected chi connectivity index (χ0v) is 9.91. The normalized spacial score (nSPS) is 11.1. The number of hydrogen-bond acceptors (Lipinski definition) is 3. The van der Waals surface area contributed by atoms with Gasteiger partial charge >= 0.3 is 0 Å². The van der Waals surface area contributed by atoms with Crippen LogP contribution in [0, 0.1) is 4.77 Å². The molecule has 0 atom stereocenters. The molecule has 0 aromatic carbocycles. The molecule has 0 aliphatic rings. The summed E-state index contributed by atoms with van der Waals surface area (Å²) in [7, 11) is 0. The van der Waals surface area contributed by atoms with Crippen LogP contribution in [0.4, 0.5) is 0 Å². The molecule has 0 radical (unpaired) electrons. The van der Waals surface area contributed by atoms with Gasteiger partial charge in [-0.05, 0) is 36.5 Å². The number of aromatic amines is 1. The molecule has 1 N–H and O–H groups in total. The maximum absolute atomic E-state index is 5.31. The number of imidazole rings is 1. The maximum atomic E-state index is 5.31. The molecule has 86 valence electrons. The number of pyridine rings is 1. The SMILES string of the molecule is S=c1[nH]c2cccnc2n1CCc1ccco1. The van der Waals surface area contributed by atoms with Crippen LogP contribution in [0.25, 0.3) is 11.2 Å². The number of H-pyrrole nitrogens is 1. The highest BCUT2D eigenvalue weighted by Crippen LogP contribution is 2.12. The second kappa shape index (κ2) is 4.18. The number of nitrogens with zero attached hydrogens (tertiary/aromatic N) is 2. The molecular weight excluding hydrogens is 234 g/mol. The number of nitrogens with one attached hydrogen (secondary N) is 1. The van der Waals surface area contributed by atoms with Crippen molar-refractivity contribution in [2.24, 2.45) is 0 Å². The number of furan rings is 1. The zero-order chi connectivity index (χ0) is 11.7. The largest absolute Gasteiger partial charge is 0.469 e. The van der Waals surface area contributed by atoms with Crippen molar-refractivity contribution in [2.75, 3.05) is 0 Å². The van der Waals surface area contributed by atoms with Crippen molar-refractivity contribution in [1.82, 2.24) is 14.5 Å². The van der Waals surface area contributed by atoms with E-state index in [1.54, 1.807) is 12.5 Å². The van der Waals surface area contributed by atoms with Gasteiger partial charge in [0.05, 0.1) is 11.8 Å². The Labute approximate surface area is 103 Å². The lowest BCUT2D eigenvalue weighted by atomic mass is 10.3. The van der Waals surface area contributed by atoms with Gasteiger partial charge in [0.2, 0.25) is 0 Å². The van der Waals surface area contributed by atoms with Crippen LogP contribution in [-0.4, -0.2) is 14.5 Å². The predicted molar refractivity (Wildman–Crippen MR) is 67.3 cm³/mol. The molecule has 0 fully saturated rings. The van der Waals surface area contributed by atoms with E-state index in [1.807, 2.05) is 28.8 Å². The first kappa shape index (κ1) is 10.3. The summed E-state index contributed by atoms with van der Waals surface area (Å²) in [6, 6.07) is 7.72. The van der Waals surface area contributed by atoms with Crippen molar-refractivity contribution in [3.63, 3.8) is 0 Å². The Hall–Kier alpha value is -1.88. The van der Waals surface area contributed by atoms with Gasteiger partial charge in [-0.25, -0.2) is 4.98 Å². The van der Waals surface area contributed by atoms with Gasteiger partial charge in [0.15, 0.2) is 10.4 Å². The fourth-order valence-corrected chi connectivity index (χ4v) is 2.16. The van der Waals surface area contributed by atoms with E-state index in [0.717, 1.165) is 29.9 Å². The summed E-state index contributed by atoms with van der Waals surface area (Å²) in [6.07, 6.45) is 4.27. The fourth-order valence-electron chi connectivity index (χ4n) is 1.87. The van der Waals surface area contributed by atoms with Gasteiger partial charge in [0.25, 0.3) is 0 Å². The van der Waals surface area contributed by atoms with Crippen molar-refractivity contribution in [3.8, 4) is 0 Å². The lowest BCUT2D eigenvalue weighted by Crippen LogP contribution is -2.01. The van der Waals surface area contributed by atoms with Gasteiger partial charge in [-0.1, -0.05) is 0 Å². The Morgan fingerprint density at radius 2 is 2.29 bits per heavy atom. The van der Waals surface area contributed by atoms with E-state index < -0.39 is 0 Å². The third kappa shape index (κ3) is 1.89. The predicted octanol–water partition coefficient (Wildman–Crippen LogP) is 2.93. The molecule has 3 aromatic rings. The average molecular weight is 245 g/mol. The number of rotatable bonds is 3. The summed E-state index contributed by atoms with van der Waals surface area (Å²) < 4.78 is 8.00. The molecule has 17 heavy (non-hydrogen) atoms. The van der Waals surface area contributed by atoms with Gasteiger partial charge in [0.1, 0.15) is 5.76 Å². The van der Waals surface area contributed by atoms with Crippen molar-refractivity contribution in [2.45, 2.75) is 13.0 Å². The van der Waals surface area contributed by atoms with Crippen molar-refractivity contribution in [3.05, 3.63) is 47.3 Å². The second-order valence-electron chi connectivity index (χ2n) is 3.79. The molecule has 4 nitrogen and oxygen atoms in total. The Kier molecular flexibility index (Phi) is 2.53. The second-order valence-corrected chi connectivity index (χ2v) is 4.17. The van der Waals surface area contributed by atoms with Gasteiger partial charge in [-0.15, -0.1) is 0 Å². The minimum absolute atomic E-state index is 0.699. The highest BCUT2D eigenvalue weighted by atomic mass is 32.1. The number of hydrogen-bond donors (Lipinski definition) is 1. The van der Waals surface area contributed by atoms with Crippen LogP contribution in [0.3, 0.4) is 0 Å². The molecule has 0 bridgehead atoms. The van der Waals surface area contributed by atoms with Crippen molar-refractivity contribution < 1.29 is 4.42 Å². The molecule has 0 saturated carbocycles. The van der Waals surface area contributed by atoms with Crippen molar-refractivity contribution in [1.29, 1.82) is 0 Å². The van der Waals surface area contributed by atoms with Gasteiger partial charge in [-0.2, -0.15) is 0 Å². The Morgan fingerprint density at radius 1 is 1.35 bits per heavy atom. The fraction of sp³-hybridized carbons (Fsp3) is 0.167. The summed E-state index contributed by atoms with van der Waals surface area (Å²) in [5.41, 5.74) is 1.86. The van der Waals surface area contributed by atoms with E-state index in [4.69, 9.17) is 16.6 Å². The van der Waals surface area contributed by atoms with Crippen LogP contribution < -0.4 is 0 Å². The molecule has 0 aliphatic carbocycles. The van der Waals surface area contributed by atoms with E-state index in [0.29, 0.717) is 4.77 Å². The number of aryl methyl sites for hydroxylation is 2. The Bertz CT molecular complexity index is 681. The monoisotopic (exact) mass is 245 g/mol. The summed E-state index contributed by atoms with van der Waals surface area (Å²) in [4.78, 5) is 7.48. The molecule has 3 aromatic heterocycles. The number of aromatic nitrogens is 3. The first-order chi connectivity index (χ1) is 8.34. The lowest BCUT2D eigenvalue weighted by molar-refractivity contribution is 0.492. The van der Waals surface area contributed by atoms with Gasteiger partial charge in [-0.3, -0.25) is 0 Å². The molecule has 0 amide bonds. The third-order valence-electron chi connectivity index (χ3n) is 2.69. The molecule has 0 spiro atoms. The quantitative estimate of drug-likeness (QED) is 0.722. The number of fused-ring (bicyclic) bond motifs is 1. The highest BCUT2D eigenvalue weighted by Gasteiger charge is 2.05. The first-order valence-electron chi connectivity index (χ1n) is 5.40. The van der Waals surface area contributed by atoms with E-state index >= 15 is 0 Å². The van der Waals surface area contributed by atoms with Gasteiger partial charge in [0, 0.05) is 19.2 Å². The molecule has 0 unspecified atom stereocenters. The third-order valence-corrected chi connectivity index (χ3v) is 3.01. The smallest absolute Gasteiger partial charge is 0.179 e. The topological polar surface area (TPSA) is 46.8 Å². The van der Waals surface area contributed by atoms with Crippen LogP contribution >= 0.6 is 12.2 Å². The van der Waals surface area contributed by atoms with Gasteiger partial charge < -0.3 is 14.0 Å². The minimum atomic E-state index is 0.699. The van der Waals surface area contributed by atoms with E-state index in [1.165, 1.54) is 0 Å². The molecule has 0 saturated heterocycles. The molecular formula is C12H11N3OS. The Morgan fingerprint density at radius 3 is 3.12 bits per heavy atom. The standard InChI is InChI=1S/C12H11N3OS/c17-12-14-10-4-1-6-13-11(10)15(12)7-5-9-3-2-8-16-9/h1-4,6,8H,5,7H2,(H,14,17). The molecule has 3 heterocycles. The van der Waals surface area contributed by atoms with Crippen LogP contribution in [0.15, 0.2) is 41.1 Å². The average Bonchev–Trinajstić information content (AvgIpc) is 2.93. The van der Waals surface area contributed by atoms with Crippen LogP contribution in [-0.2, 0) is 13.0 Å². The van der Waals surface area contributed by atoms with Crippen molar-refractivity contribution >= 4 is 23.4 Å². The first-order valence-corrected chi connectivity index (χ1v) is 5.81. The van der Waals surface area contributed by atoms with E-state index in [2.05, 4.69) is 9.97 Å². The Balaban J connectivity index is 1.94. The molecule has 5 heteroatoms. The summed E-state index contributed by atoms with van der Waals surface area (Å²) in [5, 5.41) is 0. The highest BCUT2D eigenvalue weighted by molar-refractivity contribution is 7.71. The maximum Gasteiger partial charge on any atom is 0.179 e. The van der Waals surface area contributed by atoms with E-state index in [-0.39, 0.29) is 0 Å². The van der Waals surface area contributed by atoms with E-state index in [9.17, 15) is 0 Å². The summed E-state index contributed by atoms with van der Waals surface area (Å²) >= 11 is 5.28. The van der Waals surface area contributed by atoms with Crippen LogP contribution in [0.5, 0.6) is 0 Å². The lowest BCUT2D eigenvalue weighted by Gasteiger charge is -2.01. The minimum Gasteiger partial charge on any atom is -0.469 e. The van der Waals surface area contributed by atoms with Crippen LogP contribution in [0.2, 0.25) is 0 Å². The molecule has 3 rings (SSSR count).